The number of nitrogens with zero attached hydrogens (tertiary/aromatic N) is 3. The molecule has 0 saturated carbocycles. The summed E-state index contributed by atoms with van der Waals surface area (Å²) in [6.07, 6.45) is 5.08. The number of ether oxygens (including phenoxy) is 1. The number of benzene rings is 1. The maximum Gasteiger partial charge on any atom is 0.363 e. The van der Waals surface area contributed by atoms with Crippen molar-refractivity contribution in [1.29, 1.82) is 0 Å². The summed E-state index contributed by atoms with van der Waals surface area (Å²) in [7, 11) is 0. The lowest BCUT2D eigenvalue weighted by molar-refractivity contribution is 0.306. The van der Waals surface area contributed by atoms with Gasteiger partial charge in [0, 0.05) is 0 Å². The lowest BCUT2D eigenvalue weighted by atomic mass is 10.2. The van der Waals surface area contributed by atoms with Crippen LogP contribution in [0.4, 0.5) is 5.82 Å². The maximum atomic E-state index is 11.1. The zero-order chi connectivity index (χ0) is 16.5. The van der Waals surface area contributed by atoms with Gasteiger partial charge < -0.3 is 4.74 Å². The van der Waals surface area contributed by atoms with E-state index >= 15 is 0 Å². The third kappa shape index (κ3) is 5.54. The smallest absolute Gasteiger partial charge is 0.363 e. The highest BCUT2D eigenvalue weighted by atomic mass is 16.5. The Morgan fingerprint density at radius 1 is 1.30 bits per heavy atom. The van der Waals surface area contributed by atoms with Crippen LogP contribution >= 0.6 is 0 Å². The van der Waals surface area contributed by atoms with Gasteiger partial charge in [0.05, 0.1) is 12.8 Å². The summed E-state index contributed by atoms with van der Waals surface area (Å²) >= 11 is 0. The Bertz CT molecular complexity index is 694. The molecule has 122 valence electrons. The number of nitrogens with one attached hydrogen (secondary N) is 2. The van der Waals surface area contributed by atoms with Crippen LogP contribution in [0.1, 0.15) is 37.4 Å². The SMILES string of the molecule is CCCCCOc1ccc(/C=N\Nc2nc(=O)[nH]nc2C)cc1. The van der Waals surface area contributed by atoms with Crippen molar-refractivity contribution in [3.8, 4) is 5.75 Å². The van der Waals surface area contributed by atoms with E-state index in [2.05, 4.69) is 32.6 Å². The largest absolute Gasteiger partial charge is 0.494 e. The molecule has 0 aliphatic heterocycles. The first kappa shape index (κ1) is 16.7. The first-order valence-corrected chi connectivity index (χ1v) is 7.64. The maximum absolute atomic E-state index is 11.1. The zero-order valence-electron chi connectivity index (χ0n) is 13.4. The van der Waals surface area contributed by atoms with Crippen molar-refractivity contribution in [2.75, 3.05) is 12.0 Å². The highest BCUT2D eigenvalue weighted by Gasteiger charge is 2.00. The lowest BCUT2D eigenvalue weighted by Gasteiger charge is -2.05. The summed E-state index contributed by atoms with van der Waals surface area (Å²) in [6.45, 7) is 4.63. The number of hydrogen-bond acceptors (Lipinski definition) is 6. The Balaban J connectivity index is 1.87. The van der Waals surface area contributed by atoms with Gasteiger partial charge >= 0.3 is 5.69 Å². The molecule has 0 unspecified atom stereocenters. The molecular formula is C16H21N5O2. The average Bonchev–Trinajstić information content (AvgIpc) is 2.56. The Labute approximate surface area is 134 Å². The standard InChI is InChI=1S/C16H21N5O2/c1-3-4-5-10-23-14-8-6-13(7-9-14)11-17-20-15-12(2)19-21-16(22)18-15/h6-9,11H,3-5,10H2,1-2H3,(H2,18,20,21,22)/b17-11-. The Kier molecular flexibility index (Phi) is 6.28. The molecule has 1 aromatic heterocycles. The number of aromatic amines is 1. The van der Waals surface area contributed by atoms with Crippen LogP contribution in [0.5, 0.6) is 5.75 Å². The van der Waals surface area contributed by atoms with Gasteiger partial charge in [-0.25, -0.2) is 9.89 Å². The van der Waals surface area contributed by atoms with Gasteiger partial charge in [0.2, 0.25) is 0 Å². The molecule has 0 fully saturated rings. The van der Waals surface area contributed by atoms with Crippen LogP contribution in [0.25, 0.3) is 0 Å². The van der Waals surface area contributed by atoms with Crippen molar-refractivity contribution in [2.45, 2.75) is 33.1 Å². The quantitative estimate of drug-likeness (QED) is 0.443. The first-order chi connectivity index (χ1) is 11.2. The fourth-order valence-corrected chi connectivity index (χ4v) is 1.86. The first-order valence-electron chi connectivity index (χ1n) is 7.64. The average molecular weight is 315 g/mol. The molecule has 23 heavy (non-hydrogen) atoms. The third-order valence-corrected chi connectivity index (χ3v) is 3.16. The highest BCUT2D eigenvalue weighted by molar-refractivity contribution is 5.80. The number of hydrogen-bond donors (Lipinski definition) is 2. The van der Waals surface area contributed by atoms with E-state index in [1.54, 1.807) is 13.1 Å². The van der Waals surface area contributed by atoms with Gasteiger partial charge in [-0.2, -0.15) is 15.2 Å². The number of aryl methyl sites for hydroxylation is 1. The summed E-state index contributed by atoms with van der Waals surface area (Å²) in [5.41, 5.74) is 3.67. The molecule has 0 aliphatic carbocycles. The fourth-order valence-electron chi connectivity index (χ4n) is 1.86. The summed E-state index contributed by atoms with van der Waals surface area (Å²) in [5, 5.41) is 10.1. The van der Waals surface area contributed by atoms with Crippen LogP contribution in [0, 0.1) is 6.92 Å². The molecule has 0 bridgehead atoms. The van der Waals surface area contributed by atoms with E-state index in [4.69, 9.17) is 4.74 Å². The van der Waals surface area contributed by atoms with Gasteiger partial charge in [0.25, 0.3) is 0 Å². The van der Waals surface area contributed by atoms with Crippen molar-refractivity contribution in [3.05, 3.63) is 46.0 Å². The lowest BCUT2D eigenvalue weighted by Crippen LogP contribution is -2.15. The molecule has 2 N–H and O–H groups in total. The van der Waals surface area contributed by atoms with E-state index in [0.29, 0.717) is 11.5 Å². The highest BCUT2D eigenvalue weighted by Crippen LogP contribution is 2.12. The number of aromatic nitrogens is 3. The molecule has 0 aliphatic rings. The van der Waals surface area contributed by atoms with Crippen LogP contribution in [-0.4, -0.2) is 28.0 Å². The van der Waals surface area contributed by atoms with Crippen molar-refractivity contribution in [2.24, 2.45) is 5.10 Å². The molecule has 0 saturated heterocycles. The molecule has 1 aromatic carbocycles. The molecule has 2 rings (SSSR count). The number of hydrazone groups is 1. The van der Waals surface area contributed by atoms with Gasteiger partial charge in [-0.1, -0.05) is 19.8 Å². The van der Waals surface area contributed by atoms with E-state index in [-0.39, 0.29) is 0 Å². The van der Waals surface area contributed by atoms with Crippen LogP contribution in [-0.2, 0) is 0 Å². The van der Waals surface area contributed by atoms with Gasteiger partial charge in [0.1, 0.15) is 11.4 Å². The molecule has 7 heteroatoms. The normalized spacial score (nSPS) is 10.9. The monoisotopic (exact) mass is 315 g/mol. The minimum absolute atomic E-state index is 0.334. The second-order valence-electron chi connectivity index (χ2n) is 5.07. The number of rotatable bonds is 8. The zero-order valence-corrected chi connectivity index (χ0v) is 13.4. The second kappa shape index (κ2) is 8.67. The predicted molar refractivity (Wildman–Crippen MR) is 90.1 cm³/mol. The minimum atomic E-state index is -0.516. The molecule has 1 heterocycles. The van der Waals surface area contributed by atoms with Crippen molar-refractivity contribution >= 4 is 12.0 Å². The third-order valence-electron chi connectivity index (χ3n) is 3.16. The van der Waals surface area contributed by atoms with Gasteiger partial charge in [0.15, 0.2) is 5.82 Å². The van der Waals surface area contributed by atoms with Gasteiger partial charge in [-0.15, -0.1) is 0 Å². The Morgan fingerprint density at radius 2 is 2.09 bits per heavy atom. The summed E-state index contributed by atoms with van der Waals surface area (Å²) in [6, 6.07) is 7.64. The van der Waals surface area contributed by atoms with E-state index in [9.17, 15) is 4.79 Å². The number of H-pyrrole nitrogens is 1. The van der Waals surface area contributed by atoms with Crippen LogP contribution < -0.4 is 15.9 Å². The van der Waals surface area contributed by atoms with Crippen molar-refractivity contribution in [3.63, 3.8) is 0 Å². The van der Waals surface area contributed by atoms with Crippen molar-refractivity contribution < 1.29 is 4.74 Å². The Hall–Kier alpha value is -2.70. The number of anilines is 1. The van der Waals surface area contributed by atoms with E-state index in [0.717, 1.165) is 24.3 Å². The summed E-state index contributed by atoms with van der Waals surface area (Å²) in [4.78, 5) is 14.9. The molecular weight excluding hydrogens is 294 g/mol. The molecule has 0 radical (unpaired) electrons. The summed E-state index contributed by atoms with van der Waals surface area (Å²) < 4.78 is 5.65. The Morgan fingerprint density at radius 3 is 2.83 bits per heavy atom. The van der Waals surface area contributed by atoms with E-state index in [1.165, 1.54) is 12.8 Å². The molecule has 0 amide bonds. The number of unbranched alkanes of at least 4 members (excludes halogenated alkanes) is 2. The summed E-state index contributed by atoms with van der Waals surface area (Å²) in [5.74, 6) is 1.18. The molecule has 7 nitrogen and oxygen atoms in total. The van der Waals surface area contributed by atoms with E-state index < -0.39 is 5.69 Å². The van der Waals surface area contributed by atoms with Gasteiger partial charge in [-0.3, -0.25) is 5.43 Å². The molecule has 0 atom stereocenters. The second-order valence-corrected chi connectivity index (χ2v) is 5.07. The minimum Gasteiger partial charge on any atom is -0.494 e. The van der Waals surface area contributed by atoms with Crippen LogP contribution in [0.2, 0.25) is 0 Å². The molecule has 2 aromatic rings. The van der Waals surface area contributed by atoms with Crippen molar-refractivity contribution in [1.82, 2.24) is 15.2 Å². The van der Waals surface area contributed by atoms with Crippen LogP contribution in [0.15, 0.2) is 34.2 Å². The van der Waals surface area contributed by atoms with Gasteiger partial charge in [-0.05, 0) is 43.2 Å². The topological polar surface area (TPSA) is 92.3 Å². The fraction of sp³-hybridized carbons (Fsp3) is 0.375. The van der Waals surface area contributed by atoms with Crippen LogP contribution in [0.3, 0.4) is 0 Å². The molecule has 0 spiro atoms. The van der Waals surface area contributed by atoms with E-state index in [1.807, 2.05) is 24.3 Å². The predicted octanol–water partition coefficient (Wildman–Crippen LogP) is 2.49.